The molecule has 0 aliphatic carbocycles. The zero-order valence-electron chi connectivity index (χ0n) is 19.2. The van der Waals surface area contributed by atoms with Gasteiger partial charge in [0.25, 0.3) is 0 Å². The van der Waals surface area contributed by atoms with Crippen molar-refractivity contribution >= 4 is 23.2 Å². The highest BCUT2D eigenvalue weighted by Gasteiger charge is 2.44. The molecule has 0 aliphatic rings. The van der Waals surface area contributed by atoms with Crippen LogP contribution in [0.3, 0.4) is 0 Å². The van der Waals surface area contributed by atoms with Crippen LogP contribution in [0.1, 0.15) is 45.4 Å². The highest BCUT2D eigenvalue weighted by atomic mass is 127. The number of benzene rings is 3. The lowest BCUT2D eigenvalue weighted by atomic mass is 10.1. The van der Waals surface area contributed by atoms with Gasteiger partial charge in [-0.25, -0.2) is 0 Å². The third-order valence-electron chi connectivity index (χ3n) is 5.78. The molecule has 2 heteroatoms. The molecule has 0 amide bonds. The summed E-state index contributed by atoms with van der Waals surface area (Å²) in [6, 6.07) is 33.6. The first-order valence-electron chi connectivity index (χ1n) is 11.7. The zero-order chi connectivity index (χ0) is 21.6. The standard InChI is InChI=1S/C30H36P.HI/c1-2-3-4-5-6-7-8-9-10-20-27-31(28-21-14-11-15-22-28,29-23-16-12-17-24-29)30-25-18-13-19-26-30;/h3-4,9-19,21-26H,2,5-8,20,27H2,1H3;1H/q+1;/p-1/b4-3-,10-9-;. The van der Waals surface area contributed by atoms with E-state index in [2.05, 4.69) is 122 Å². The van der Waals surface area contributed by atoms with Gasteiger partial charge in [-0.3, -0.25) is 0 Å². The van der Waals surface area contributed by atoms with Gasteiger partial charge in [0.15, 0.2) is 0 Å². The molecular formula is C30H36IP. The molecule has 0 nitrogen and oxygen atoms in total. The van der Waals surface area contributed by atoms with Crippen LogP contribution in [0.2, 0.25) is 0 Å². The van der Waals surface area contributed by atoms with Gasteiger partial charge in [-0.05, 0) is 68.5 Å². The minimum atomic E-state index is -1.69. The first-order valence-corrected chi connectivity index (χ1v) is 13.7. The van der Waals surface area contributed by atoms with E-state index >= 15 is 0 Å². The summed E-state index contributed by atoms with van der Waals surface area (Å²) in [7, 11) is -1.69. The van der Waals surface area contributed by atoms with Crippen LogP contribution < -0.4 is 39.9 Å². The zero-order valence-corrected chi connectivity index (χ0v) is 22.3. The summed E-state index contributed by atoms with van der Waals surface area (Å²) in [5.41, 5.74) is 0. The fraction of sp³-hybridized carbons (Fsp3) is 0.267. The fourth-order valence-electron chi connectivity index (χ4n) is 4.19. The Kier molecular flexibility index (Phi) is 12.6. The summed E-state index contributed by atoms with van der Waals surface area (Å²) in [5, 5.41) is 4.43. The SMILES string of the molecule is CC/C=C\CCCC/C=C\CC[P+](c1ccccc1)(c1ccccc1)c1ccccc1.[I-]. The fourth-order valence-corrected chi connectivity index (χ4v) is 8.44. The van der Waals surface area contributed by atoms with Crippen LogP contribution in [0, 0.1) is 0 Å². The molecule has 0 spiro atoms. The van der Waals surface area contributed by atoms with E-state index in [0.29, 0.717) is 0 Å². The van der Waals surface area contributed by atoms with Crippen molar-refractivity contribution in [2.45, 2.75) is 45.4 Å². The molecule has 3 aromatic rings. The monoisotopic (exact) mass is 554 g/mol. The van der Waals surface area contributed by atoms with Crippen molar-refractivity contribution in [2.75, 3.05) is 6.16 Å². The van der Waals surface area contributed by atoms with Crippen LogP contribution in [0.5, 0.6) is 0 Å². The highest BCUT2D eigenvalue weighted by Crippen LogP contribution is 2.55. The average molecular weight is 554 g/mol. The van der Waals surface area contributed by atoms with Crippen LogP contribution in [0.4, 0.5) is 0 Å². The summed E-state index contributed by atoms with van der Waals surface area (Å²) in [6.07, 6.45) is 17.8. The molecule has 0 bridgehead atoms. The van der Waals surface area contributed by atoms with Crippen LogP contribution in [0.25, 0.3) is 0 Å². The van der Waals surface area contributed by atoms with Gasteiger partial charge in [0, 0.05) is 6.42 Å². The van der Waals surface area contributed by atoms with E-state index in [-0.39, 0.29) is 24.0 Å². The van der Waals surface area contributed by atoms with Crippen LogP contribution >= 0.6 is 7.26 Å². The third-order valence-corrected chi connectivity index (χ3v) is 10.3. The van der Waals surface area contributed by atoms with Gasteiger partial charge in [0.2, 0.25) is 0 Å². The Labute approximate surface area is 213 Å². The average Bonchev–Trinajstić information content (AvgIpc) is 2.84. The second-order valence-corrected chi connectivity index (χ2v) is 11.6. The van der Waals surface area contributed by atoms with Gasteiger partial charge in [-0.1, -0.05) is 85.8 Å². The van der Waals surface area contributed by atoms with Crippen molar-refractivity contribution in [2.24, 2.45) is 0 Å². The largest absolute Gasteiger partial charge is 1.00 e. The van der Waals surface area contributed by atoms with E-state index < -0.39 is 7.26 Å². The molecule has 0 saturated heterocycles. The van der Waals surface area contributed by atoms with E-state index in [4.69, 9.17) is 0 Å². The van der Waals surface area contributed by atoms with Crippen molar-refractivity contribution in [3.63, 3.8) is 0 Å². The Balaban J connectivity index is 0.00000363. The van der Waals surface area contributed by atoms with Crippen LogP contribution in [-0.4, -0.2) is 6.16 Å². The quantitative estimate of drug-likeness (QED) is 0.134. The highest BCUT2D eigenvalue weighted by molar-refractivity contribution is 7.95. The van der Waals surface area contributed by atoms with Crippen molar-refractivity contribution in [3.8, 4) is 0 Å². The Hall–Kier alpha value is -1.70. The number of allylic oxidation sites excluding steroid dienone is 4. The molecule has 0 aliphatic heterocycles. The molecule has 0 heterocycles. The molecule has 0 unspecified atom stereocenters. The summed E-state index contributed by atoms with van der Waals surface area (Å²) in [6.45, 7) is 2.20. The first kappa shape index (κ1) is 26.6. The van der Waals surface area contributed by atoms with E-state index in [1.54, 1.807) is 0 Å². The second kappa shape index (κ2) is 15.2. The summed E-state index contributed by atoms with van der Waals surface area (Å²) < 4.78 is 0. The van der Waals surface area contributed by atoms with Gasteiger partial charge in [-0.15, -0.1) is 0 Å². The minimum Gasteiger partial charge on any atom is -1.00 e. The number of hydrogen-bond acceptors (Lipinski definition) is 0. The topological polar surface area (TPSA) is 0 Å². The Bertz CT molecular complexity index is 820. The van der Waals surface area contributed by atoms with Gasteiger partial charge < -0.3 is 24.0 Å². The molecule has 0 atom stereocenters. The van der Waals surface area contributed by atoms with Crippen molar-refractivity contribution in [3.05, 3.63) is 115 Å². The van der Waals surface area contributed by atoms with Crippen molar-refractivity contribution in [1.29, 1.82) is 0 Å². The summed E-state index contributed by atoms with van der Waals surface area (Å²) in [5.74, 6) is 0. The van der Waals surface area contributed by atoms with E-state index in [9.17, 15) is 0 Å². The number of unbranched alkanes of at least 4 members (excludes halogenated alkanes) is 3. The molecule has 3 rings (SSSR count). The molecule has 0 N–H and O–H groups in total. The molecular weight excluding hydrogens is 518 g/mol. The maximum Gasteiger partial charge on any atom is 0.112 e. The predicted octanol–water partition coefficient (Wildman–Crippen LogP) is 4.46. The predicted molar refractivity (Wildman–Crippen MR) is 142 cm³/mol. The molecule has 3 aromatic carbocycles. The maximum atomic E-state index is 2.42. The molecule has 0 fully saturated rings. The lowest BCUT2D eigenvalue weighted by molar-refractivity contribution is -0.00000619. The van der Waals surface area contributed by atoms with Gasteiger partial charge in [0.05, 0.1) is 6.16 Å². The lowest BCUT2D eigenvalue weighted by Crippen LogP contribution is -3.00. The normalized spacial score (nSPS) is 11.7. The van der Waals surface area contributed by atoms with Gasteiger partial charge >= 0.3 is 0 Å². The Morgan fingerprint density at radius 3 is 1.31 bits per heavy atom. The van der Waals surface area contributed by atoms with Crippen molar-refractivity contribution in [1.82, 2.24) is 0 Å². The van der Waals surface area contributed by atoms with E-state index in [1.807, 2.05) is 0 Å². The number of hydrogen-bond donors (Lipinski definition) is 0. The molecule has 0 aromatic heterocycles. The lowest BCUT2D eigenvalue weighted by Gasteiger charge is -2.27. The minimum absolute atomic E-state index is 0. The Morgan fingerprint density at radius 1 is 0.531 bits per heavy atom. The molecule has 0 radical (unpaired) electrons. The number of halogens is 1. The third kappa shape index (κ3) is 7.42. The second-order valence-electron chi connectivity index (χ2n) is 7.96. The van der Waals surface area contributed by atoms with E-state index in [1.165, 1.54) is 47.8 Å². The van der Waals surface area contributed by atoms with Crippen LogP contribution in [0.15, 0.2) is 115 Å². The first-order chi connectivity index (χ1) is 15.4. The summed E-state index contributed by atoms with van der Waals surface area (Å²) in [4.78, 5) is 0. The molecule has 0 saturated carbocycles. The smallest absolute Gasteiger partial charge is 0.112 e. The van der Waals surface area contributed by atoms with Gasteiger partial charge in [-0.2, -0.15) is 0 Å². The van der Waals surface area contributed by atoms with E-state index in [0.717, 1.165) is 12.8 Å². The van der Waals surface area contributed by atoms with Crippen LogP contribution in [-0.2, 0) is 0 Å². The molecule has 32 heavy (non-hydrogen) atoms. The summed E-state index contributed by atoms with van der Waals surface area (Å²) >= 11 is 0. The molecule has 168 valence electrons. The number of rotatable bonds is 12. The maximum absolute atomic E-state index is 2.42. The van der Waals surface area contributed by atoms with Gasteiger partial charge in [0.1, 0.15) is 23.2 Å². The van der Waals surface area contributed by atoms with Crippen molar-refractivity contribution < 1.29 is 24.0 Å². The Morgan fingerprint density at radius 2 is 0.906 bits per heavy atom.